The summed E-state index contributed by atoms with van der Waals surface area (Å²) in [4.78, 5) is 24.5. The number of hydrogen-bond acceptors (Lipinski definition) is 6. The van der Waals surface area contributed by atoms with Gasteiger partial charge in [0.25, 0.3) is 0 Å². The number of allylic oxidation sites excluding steroid dienone is 1. The highest BCUT2D eigenvalue weighted by atomic mass is 35.5. The van der Waals surface area contributed by atoms with Crippen LogP contribution in [0.2, 0.25) is 5.02 Å². The summed E-state index contributed by atoms with van der Waals surface area (Å²) in [6.07, 6.45) is 3.83. The molecule has 0 aliphatic carbocycles. The fourth-order valence-corrected chi connectivity index (χ4v) is 3.93. The molecule has 0 fully saturated rings. The Morgan fingerprint density at radius 3 is 2.35 bits per heavy atom. The Hall–Kier alpha value is -4.30. The minimum Gasteiger partial charge on any atom is -0.494 e. The molecule has 0 atom stereocenters. The largest absolute Gasteiger partial charge is 0.494 e. The predicted molar refractivity (Wildman–Crippen MR) is 159 cm³/mol. The normalized spacial score (nSPS) is 10.7. The molecule has 0 saturated carbocycles. The van der Waals surface area contributed by atoms with Crippen molar-refractivity contribution in [3.8, 4) is 17.2 Å². The summed E-state index contributed by atoms with van der Waals surface area (Å²) in [5, 5.41) is 7.44. The highest BCUT2D eigenvalue weighted by Gasteiger charge is 2.14. The lowest BCUT2D eigenvalue weighted by atomic mass is 10.1. The van der Waals surface area contributed by atoms with Crippen LogP contribution in [0.3, 0.4) is 0 Å². The van der Waals surface area contributed by atoms with Gasteiger partial charge in [-0.15, -0.1) is 6.58 Å². The van der Waals surface area contributed by atoms with Crippen molar-refractivity contribution < 1.29 is 23.8 Å². The molecule has 0 saturated heterocycles. The van der Waals surface area contributed by atoms with Crippen molar-refractivity contribution >= 4 is 35.3 Å². The first-order valence-electron chi connectivity index (χ1n) is 13.0. The third-order valence-corrected chi connectivity index (χ3v) is 5.95. The van der Waals surface area contributed by atoms with Gasteiger partial charge in [-0.1, -0.05) is 35.9 Å². The molecule has 210 valence electrons. The molecular formula is C31H34ClN3O5. The maximum Gasteiger partial charge on any atom is 0.240 e. The number of carbonyl (C=O) groups is 2. The summed E-state index contributed by atoms with van der Waals surface area (Å²) < 4.78 is 17.4. The van der Waals surface area contributed by atoms with Gasteiger partial charge in [0.15, 0.2) is 11.5 Å². The molecule has 8 nitrogen and oxygen atoms in total. The van der Waals surface area contributed by atoms with Crippen LogP contribution in [0.1, 0.15) is 43.4 Å². The van der Waals surface area contributed by atoms with Crippen LogP contribution in [0, 0.1) is 0 Å². The Bertz CT molecular complexity index is 1330. The molecule has 3 aromatic carbocycles. The van der Waals surface area contributed by atoms with Crippen molar-refractivity contribution in [1.29, 1.82) is 0 Å². The van der Waals surface area contributed by atoms with Gasteiger partial charge in [-0.2, -0.15) is 5.10 Å². The second kappa shape index (κ2) is 16.0. The number of hydrazone groups is 1. The zero-order valence-corrected chi connectivity index (χ0v) is 23.5. The van der Waals surface area contributed by atoms with Crippen LogP contribution < -0.4 is 25.0 Å². The van der Waals surface area contributed by atoms with E-state index in [-0.39, 0.29) is 31.3 Å². The van der Waals surface area contributed by atoms with E-state index in [0.717, 1.165) is 16.9 Å². The number of benzene rings is 3. The number of ether oxygens (including phenoxy) is 3. The second-order valence-corrected chi connectivity index (χ2v) is 9.02. The van der Waals surface area contributed by atoms with E-state index in [1.54, 1.807) is 36.4 Å². The van der Waals surface area contributed by atoms with Crippen LogP contribution in [0.25, 0.3) is 0 Å². The molecule has 0 aromatic heterocycles. The quantitative estimate of drug-likeness (QED) is 0.128. The molecule has 0 bridgehead atoms. The fraction of sp³-hybridized carbons (Fsp3) is 0.258. The number of halogens is 1. The van der Waals surface area contributed by atoms with E-state index in [1.165, 1.54) is 6.21 Å². The van der Waals surface area contributed by atoms with Gasteiger partial charge in [0.1, 0.15) is 12.4 Å². The lowest BCUT2D eigenvalue weighted by molar-refractivity contribution is -0.124. The summed E-state index contributed by atoms with van der Waals surface area (Å²) in [5.41, 5.74) is 5.52. The van der Waals surface area contributed by atoms with E-state index in [2.05, 4.69) is 22.4 Å². The molecule has 0 unspecified atom stereocenters. The van der Waals surface area contributed by atoms with E-state index >= 15 is 0 Å². The Kier molecular flexibility index (Phi) is 12.1. The molecule has 0 heterocycles. The van der Waals surface area contributed by atoms with E-state index in [4.69, 9.17) is 25.8 Å². The number of amides is 2. The summed E-state index contributed by atoms with van der Waals surface area (Å²) in [6.45, 7) is 8.92. The SMILES string of the molecule is C=CCc1cc(C=NNC(=O)CCC(=O)Nc2ccc(OCC)cc2)cc(OCC)c1OCc1ccccc1Cl. The predicted octanol–water partition coefficient (Wildman–Crippen LogP) is 6.31. The first kappa shape index (κ1) is 30.2. The van der Waals surface area contributed by atoms with Gasteiger partial charge >= 0.3 is 0 Å². The minimum atomic E-state index is -0.380. The molecule has 2 amide bonds. The number of carbonyl (C=O) groups excluding carboxylic acids is 2. The van der Waals surface area contributed by atoms with Crippen molar-refractivity contribution in [3.63, 3.8) is 0 Å². The maximum atomic E-state index is 12.3. The van der Waals surface area contributed by atoms with Crippen LogP contribution >= 0.6 is 11.6 Å². The molecule has 0 radical (unpaired) electrons. The van der Waals surface area contributed by atoms with Gasteiger partial charge in [0.05, 0.1) is 19.4 Å². The zero-order chi connectivity index (χ0) is 28.7. The van der Waals surface area contributed by atoms with Crippen molar-refractivity contribution in [2.24, 2.45) is 5.10 Å². The summed E-state index contributed by atoms with van der Waals surface area (Å²) in [7, 11) is 0. The van der Waals surface area contributed by atoms with Crippen molar-refractivity contribution in [2.45, 2.75) is 39.7 Å². The average Bonchev–Trinajstić information content (AvgIpc) is 2.94. The van der Waals surface area contributed by atoms with Crippen molar-refractivity contribution in [3.05, 3.63) is 95.0 Å². The van der Waals surface area contributed by atoms with Gasteiger partial charge in [0.2, 0.25) is 11.8 Å². The Balaban J connectivity index is 1.59. The lowest BCUT2D eigenvalue weighted by Crippen LogP contribution is -2.20. The lowest BCUT2D eigenvalue weighted by Gasteiger charge is -2.17. The van der Waals surface area contributed by atoms with Gasteiger partial charge in [-0.25, -0.2) is 5.43 Å². The third kappa shape index (κ3) is 9.47. The van der Waals surface area contributed by atoms with Crippen LogP contribution in [-0.2, 0) is 22.6 Å². The zero-order valence-electron chi connectivity index (χ0n) is 22.7. The molecule has 2 N–H and O–H groups in total. The van der Waals surface area contributed by atoms with E-state index in [1.807, 2.05) is 44.2 Å². The van der Waals surface area contributed by atoms with Crippen LogP contribution in [-0.4, -0.2) is 31.2 Å². The van der Waals surface area contributed by atoms with Gasteiger partial charge in [-0.3, -0.25) is 9.59 Å². The molecule has 0 aliphatic rings. The van der Waals surface area contributed by atoms with Gasteiger partial charge in [0, 0.05) is 34.7 Å². The number of nitrogens with zero attached hydrogens (tertiary/aromatic N) is 1. The first-order valence-corrected chi connectivity index (χ1v) is 13.4. The third-order valence-electron chi connectivity index (χ3n) is 5.58. The van der Waals surface area contributed by atoms with Crippen LogP contribution in [0.5, 0.6) is 17.2 Å². The minimum absolute atomic E-state index is 0.0130. The Labute approximate surface area is 240 Å². The number of nitrogens with one attached hydrogen (secondary N) is 2. The molecule has 3 aromatic rings. The molecule has 0 aliphatic heterocycles. The molecule has 9 heteroatoms. The van der Waals surface area contributed by atoms with Gasteiger partial charge in [-0.05, 0) is 68.3 Å². The number of anilines is 1. The Morgan fingerprint density at radius 2 is 1.65 bits per heavy atom. The standard InChI is InChI=1S/C31H34ClN3O5/c1-4-9-23-18-22(19-28(39-6-3)31(23)40-21-24-10-7-8-11-27(24)32)20-33-35-30(37)17-16-29(36)34-25-12-14-26(15-13-25)38-5-2/h4,7-8,10-15,18-20H,1,5-6,9,16-17,21H2,2-3H3,(H,34,36)(H,35,37). The average molecular weight is 564 g/mol. The van der Waals surface area contributed by atoms with E-state index in [9.17, 15) is 9.59 Å². The Morgan fingerprint density at radius 1 is 0.925 bits per heavy atom. The van der Waals surface area contributed by atoms with Crippen molar-refractivity contribution in [2.75, 3.05) is 18.5 Å². The second-order valence-electron chi connectivity index (χ2n) is 8.61. The fourth-order valence-electron chi connectivity index (χ4n) is 3.74. The highest BCUT2D eigenvalue weighted by Crippen LogP contribution is 2.34. The topological polar surface area (TPSA) is 98.3 Å². The molecule has 40 heavy (non-hydrogen) atoms. The summed E-state index contributed by atoms with van der Waals surface area (Å²) in [6, 6.07) is 18.2. The smallest absolute Gasteiger partial charge is 0.240 e. The molecule has 0 spiro atoms. The number of rotatable bonds is 15. The summed E-state index contributed by atoms with van der Waals surface area (Å²) >= 11 is 6.29. The van der Waals surface area contributed by atoms with E-state index < -0.39 is 0 Å². The van der Waals surface area contributed by atoms with Crippen LogP contribution in [0.4, 0.5) is 5.69 Å². The first-order chi connectivity index (χ1) is 19.4. The maximum absolute atomic E-state index is 12.3. The van der Waals surface area contributed by atoms with E-state index in [0.29, 0.717) is 47.4 Å². The molecule has 3 rings (SSSR count). The highest BCUT2D eigenvalue weighted by molar-refractivity contribution is 6.31. The monoisotopic (exact) mass is 563 g/mol. The van der Waals surface area contributed by atoms with Gasteiger partial charge < -0.3 is 19.5 Å². The van der Waals surface area contributed by atoms with Crippen molar-refractivity contribution in [1.82, 2.24) is 5.43 Å². The molecular weight excluding hydrogens is 530 g/mol. The summed E-state index contributed by atoms with van der Waals surface area (Å²) in [5.74, 6) is 1.22. The number of hydrogen-bond donors (Lipinski definition) is 2. The van der Waals surface area contributed by atoms with Crippen LogP contribution in [0.15, 0.2) is 78.4 Å².